The largest absolute Gasteiger partial charge is 0.468 e. The number of nitrogens with zero attached hydrogens (tertiary/aromatic N) is 2. The summed E-state index contributed by atoms with van der Waals surface area (Å²) in [6.45, 7) is 3.93. The lowest BCUT2D eigenvalue weighted by atomic mass is 10.3. The van der Waals surface area contributed by atoms with E-state index in [0.29, 0.717) is 19.5 Å². The van der Waals surface area contributed by atoms with Crippen LogP contribution in [0.1, 0.15) is 19.1 Å². The Morgan fingerprint density at radius 1 is 1.53 bits per heavy atom. The molecule has 78 valence electrons. The SMILES string of the molecule is CC#CCN(CCC#N)Cc1ccco1. The van der Waals surface area contributed by atoms with Crippen LogP contribution in [-0.2, 0) is 6.54 Å². The first-order valence-electron chi connectivity index (χ1n) is 4.88. The lowest BCUT2D eigenvalue weighted by molar-refractivity contribution is 0.277. The molecule has 1 aromatic heterocycles. The van der Waals surface area contributed by atoms with E-state index in [0.717, 1.165) is 12.3 Å². The zero-order valence-corrected chi connectivity index (χ0v) is 8.86. The molecule has 1 rings (SSSR count). The molecule has 0 aliphatic rings. The van der Waals surface area contributed by atoms with Crippen molar-refractivity contribution in [3.8, 4) is 17.9 Å². The first kappa shape index (κ1) is 11.4. The van der Waals surface area contributed by atoms with Crippen molar-refractivity contribution in [1.29, 1.82) is 5.26 Å². The number of furan rings is 1. The minimum absolute atomic E-state index is 0.520. The van der Waals surface area contributed by atoms with Crippen molar-refractivity contribution in [2.24, 2.45) is 0 Å². The van der Waals surface area contributed by atoms with Gasteiger partial charge in [0.25, 0.3) is 0 Å². The lowest BCUT2D eigenvalue weighted by Gasteiger charge is -2.16. The molecule has 3 heteroatoms. The second-order valence-corrected chi connectivity index (χ2v) is 3.12. The van der Waals surface area contributed by atoms with E-state index in [-0.39, 0.29) is 0 Å². The zero-order valence-electron chi connectivity index (χ0n) is 8.86. The van der Waals surface area contributed by atoms with Crippen LogP contribution >= 0.6 is 0 Å². The molecular weight excluding hydrogens is 188 g/mol. The summed E-state index contributed by atoms with van der Waals surface area (Å²) in [7, 11) is 0. The van der Waals surface area contributed by atoms with Crippen LogP contribution in [0.25, 0.3) is 0 Å². The van der Waals surface area contributed by atoms with E-state index in [1.165, 1.54) is 0 Å². The van der Waals surface area contributed by atoms with Gasteiger partial charge in [-0.2, -0.15) is 5.26 Å². The number of rotatable bonds is 5. The van der Waals surface area contributed by atoms with Crippen LogP contribution in [0.2, 0.25) is 0 Å². The molecule has 1 heterocycles. The molecule has 0 aromatic carbocycles. The molecule has 1 aromatic rings. The molecule has 0 radical (unpaired) electrons. The van der Waals surface area contributed by atoms with Gasteiger partial charge in [-0.1, -0.05) is 5.92 Å². The highest BCUT2D eigenvalue weighted by atomic mass is 16.3. The smallest absolute Gasteiger partial charge is 0.117 e. The molecule has 0 fully saturated rings. The van der Waals surface area contributed by atoms with Crippen molar-refractivity contribution in [1.82, 2.24) is 4.90 Å². The van der Waals surface area contributed by atoms with Crippen LogP contribution in [0.15, 0.2) is 22.8 Å². The molecule has 0 N–H and O–H groups in total. The van der Waals surface area contributed by atoms with E-state index in [2.05, 4.69) is 22.8 Å². The van der Waals surface area contributed by atoms with Crippen molar-refractivity contribution >= 4 is 0 Å². The van der Waals surface area contributed by atoms with Gasteiger partial charge in [-0.15, -0.1) is 5.92 Å². The Morgan fingerprint density at radius 3 is 3.00 bits per heavy atom. The predicted octanol–water partition coefficient (Wildman–Crippen LogP) is 2.02. The van der Waals surface area contributed by atoms with Crippen LogP contribution in [0.4, 0.5) is 0 Å². The second-order valence-electron chi connectivity index (χ2n) is 3.12. The quantitative estimate of drug-likeness (QED) is 0.686. The van der Waals surface area contributed by atoms with E-state index >= 15 is 0 Å². The summed E-state index contributed by atoms with van der Waals surface area (Å²) in [5, 5.41) is 8.53. The molecule has 0 saturated heterocycles. The molecule has 0 atom stereocenters. The monoisotopic (exact) mass is 202 g/mol. The molecule has 0 saturated carbocycles. The van der Waals surface area contributed by atoms with Crippen molar-refractivity contribution in [2.45, 2.75) is 19.9 Å². The van der Waals surface area contributed by atoms with Gasteiger partial charge < -0.3 is 4.42 Å². The summed E-state index contributed by atoms with van der Waals surface area (Å²) >= 11 is 0. The van der Waals surface area contributed by atoms with E-state index in [1.54, 1.807) is 6.26 Å². The molecule has 15 heavy (non-hydrogen) atoms. The number of nitriles is 1. The molecule has 0 bridgehead atoms. The van der Waals surface area contributed by atoms with Crippen LogP contribution in [0.3, 0.4) is 0 Å². The third kappa shape index (κ3) is 4.35. The predicted molar refractivity (Wildman–Crippen MR) is 57.7 cm³/mol. The minimum Gasteiger partial charge on any atom is -0.468 e. The van der Waals surface area contributed by atoms with E-state index < -0.39 is 0 Å². The van der Waals surface area contributed by atoms with Crippen molar-refractivity contribution < 1.29 is 4.42 Å². The summed E-state index contributed by atoms with van der Waals surface area (Å²) in [6, 6.07) is 5.93. The Bertz CT molecular complexity index is 365. The molecule has 0 aliphatic carbocycles. The van der Waals surface area contributed by atoms with Crippen LogP contribution in [0.5, 0.6) is 0 Å². The van der Waals surface area contributed by atoms with Gasteiger partial charge in [0.05, 0.1) is 25.4 Å². The maximum absolute atomic E-state index is 8.53. The standard InChI is InChI=1S/C12H14N2O/c1-2-3-8-14(9-5-7-13)11-12-6-4-10-15-12/h4,6,10H,5,8-9,11H2,1H3. The van der Waals surface area contributed by atoms with Crippen molar-refractivity contribution in [2.75, 3.05) is 13.1 Å². The summed E-state index contributed by atoms with van der Waals surface area (Å²) in [5.41, 5.74) is 0. The fourth-order valence-corrected chi connectivity index (χ4v) is 1.24. The third-order valence-electron chi connectivity index (χ3n) is 1.98. The molecule has 0 amide bonds. The third-order valence-corrected chi connectivity index (χ3v) is 1.98. The Balaban J connectivity index is 2.47. The maximum atomic E-state index is 8.53. The highest BCUT2D eigenvalue weighted by Gasteiger charge is 2.05. The highest BCUT2D eigenvalue weighted by Crippen LogP contribution is 2.05. The van der Waals surface area contributed by atoms with Crippen LogP contribution in [-0.4, -0.2) is 18.0 Å². The van der Waals surface area contributed by atoms with Gasteiger partial charge in [-0.05, 0) is 19.1 Å². The summed E-state index contributed by atoms with van der Waals surface area (Å²) < 4.78 is 5.25. The van der Waals surface area contributed by atoms with E-state index in [4.69, 9.17) is 9.68 Å². The number of hydrogen-bond acceptors (Lipinski definition) is 3. The first-order valence-corrected chi connectivity index (χ1v) is 4.88. The van der Waals surface area contributed by atoms with Crippen LogP contribution < -0.4 is 0 Å². The van der Waals surface area contributed by atoms with E-state index in [9.17, 15) is 0 Å². The average molecular weight is 202 g/mol. The Morgan fingerprint density at radius 2 is 2.40 bits per heavy atom. The fourth-order valence-electron chi connectivity index (χ4n) is 1.24. The molecular formula is C12H14N2O. The fraction of sp³-hybridized carbons (Fsp3) is 0.417. The van der Waals surface area contributed by atoms with Gasteiger partial charge in [-0.25, -0.2) is 0 Å². The average Bonchev–Trinajstić information content (AvgIpc) is 2.74. The van der Waals surface area contributed by atoms with Gasteiger partial charge in [-0.3, -0.25) is 4.90 Å². The number of hydrogen-bond donors (Lipinski definition) is 0. The van der Waals surface area contributed by atoms with Crippen molar-refractivity contribution in [3.63, 3.8) is 0 Å². The summed E-state index contributed by atoms with van der Waals surface area (Å²) in [5.74, 6) is 6.75. The van der Waals surface area contributed by atoms with Gasteiger partial charge in [0.2, 0.25) is 0 Å². The summed E-state index contributed by atoms with van der Waals surface area (Å²) in [4.78, 5) is 2.10. The zero-order chi connectivity index (χ0) is 10.9. The first-order chi connectivity index (χ1) is 7.36. The minimum atomic E-state index is 0.520. The van der Waals surface area contributed by atoms with Crippen molar-refractivity contribution in [3.05, 3.63) is 24.2 Å². The topological polar surface area (TPSA) is 40.2 Å². The highest BCUT2D eigenvalue weighted by molar-refractivity contribution is 5.02. The van der Waals surface area contributed by atoms with Crippen LogP contribution in [0, 0.1) is 23.2 Å². The molecule has 0 spiro atoms. The molecule has 3 nitrogen and oxygen atoms in total. The van der Waals surface area contributed by atoms with Gasteiger partial charge in [0, 0.05) is 13.0 Å². The molecule has 0 unspecified atom stereocenters. The van der Waals surface area contributed by atoms with Gasteiger partial charge in [0.15, 0.2) is 0 Å². The normalized spacial score (nSPS) is 9.40. The molecule has 0 aliphatic heterocycles. The Hall–Kier alpha value is -1.71. The summed E-state index contributed by atoms with van der Waals surface area (Å²) in [6.07, 6.45) is 2.18. The Labute approximate surface area is 90.3 Å². The van der Waals surface area contributed by atoms with E-state index in [1.807, 2.05) is 19.1 Å². The van der Waals surface area contributed by atoms with Gasteiger partial charge >= 0.3 is 0 Å². The maximum Gasteiger partial charge on any atom is 0.117 e. The Kier molecular flexibility index (Phi) is 5.08. The second kappa shape index (κ2) is 6.70. The van der Waals surface area contributed by atoms with Gasteiger partial charge in [0.1, 0.15) is 5.76 Å². The lowest BCUT2D eigenvalue weighted by Crippen LogP contribution is -2.24.